The number of para-hydroxylation sites is 2. The molecule has 1 saturated heterocycles. The van der Waals surface area contributed by atoms with Crippen molar-refractivity contribution in [2.24, 2.45) is 0 Å². The molecule has 33 heavy (non-hydrogen) atoms. The summed E-state index contributed by atoms with van der Waals surface area (Å²) in [6.45, 7) is 5.23. The summed E-state index contributed by atoms with van der Waals surface area (Å²) < 4.78 is 12.5. The Hall–Kier alpha value is -3.09. The van der Waals surface area contributed by atoms with Crippen LogP contribution in [-0.4, -0.2) is 23.4 Å². The van der Waals surface area contributed by atoms with Gasteiger partial charge in [0.15, 0.2) is 4.32 Å². The van der Waals surface area contributed by atoms with Gasteiger partial charge in [0.05, 0.1) is 23.8 Å². The van der Waals surface area contributed by atoms with Crippen LogP contribution >= 0.6 is 24.0 Å². The summed E-state index contributed by atoms with van der Waals surface area (Å²) in [6, 6.07) is 23.2. The molecule has 0 aliphatic carbocycles. The van der Waals surface area contributed by atoms with Crippen molar-refractivity contribution < 1.29 is 14.3 Å². The van der Waals surface area contributed by atoms with Gasteiger partial charge in [0.1, 0.15) is 11.5 Å². The van der Waals surface area contributed by atoms with E-state index >= 15 is 0 Å². The lowest BCUT2D eigenvalue weighted by atomic mass is 10.1. The Bertz CT molecular complexity index is 1190. The van der Waals surface area contributed by atoms with Gasteiger partial charge in [-0.25, -0.2) is 0 Å². The highest BCUT2D eigenvalue weighted by Gasteiger charge is 2.33. The Morgan fingerprint density at radius 3 is 2.33 bits per heavy atom. The van der Waals surface area contributed by atoms with Crippen LogP contribution in [0.25, 0.3) is 6.08 Å². The lowest BCUT2D eigenvalue weighted by Crippen LogP contribution is -2.27. The van der Waals surface area contributed by atoms with Crippen LogP contribution in [0.3, 0.4) is 0 Å². The summed E-state index contributed by atoms with van der Waals surface area (Å²) >= 11 is 6.77. The number of thiocarbonyl (C=S) groups is 1. The molecule has 1 amide bonds. The smallest absolute Gasteiger partial charge is 0.270 e. The Kier molecular flexibility index (Phi) is 7.47. The molecule has 0 spiro atoms. The topological polar surface area (TPSA) is 38.8 Å². The van der Waals surface area contributed by atoms with Gasteiger partial charge in [0.25, 0.3) is 5.91 Å². The predicted octanol–water partition coefficient (Wildman–Crippen LogP) is 6.56. The number of rotatable bonds is 8. The molecule has 0 saturated carbocycles. The molecular formula is C27H25NO3S2. The first-order valence-corrected chi connectivity index (χ1v) is 12.0. The molecule has 1 heterocycles. The third kappa shape index (κ3) is 5.46. The van der Waals surface area contributed by atoms with Crippen LogP contribution in [-0.2, 0) is 4.79 Å². The number of benzene rings is 3. The van der Waals surface area contributed by atoms with E-state index in [1.807, 2.05) is 72.8 Å². The van der Waals surface area contributed by atoms with Crippen molar-refractivity contribution in [3.63, 3.8) is 0 Å². The van der Waals surface area contributed by atoms with Gasteiger partial charge in [-0.05, 0) is 55.3 Å². The second-order valence-electron chi connectivity index (χ2n) is 7.64. The zero-order valence-corrected chi connectivity index (χ0v) is 20.2. The van der Waals surface area contributed by atoms with Crippen molar-refractivity contribution in [3.8, 4) is 11.5 Å². The Morgan fingerprint density at radius 1 is 0.879 bits per heavy atom. The highest BCUT2D eigenvalue weighted by atomic mass is 32.2. The fraction of sp³-hybridized carbons (Fsp3) is 0.185. The highest BCUT2D eigenvalue weighted by Crippen LogP contribution is 2.37. The van der Waals surface area contributed by atoms with Crippen LogP contribution in [0.5, 0.6) is 11.5 Å². The zero-order chi connectivity index (χ0) is 23.2. The molecule has 0 radical (unpaired) electrons. The summed E-state index contributed by atoms with van der Waals surface area (Å²) in [6.07, 6.45) is 2.60. The van der Waals surface area contributed by atoms with Crippen LogP contribution in [0, 0.1) is 13.8 Å². The van der Waals surface area contributed by atoms with E-state index in [0.717, 1.165) is 34.7 Å². The van der Waals surface area contributed by atoms with Crippen molar-refractivity contribution in [3.05, 3.63) is 94.4 Å². The summed E-state index contributed by atoms with van der Waals surface area (Å²) in [5.74, 6) is 1.53. The molecule has 1 aliphatic heterocycles. The Labute approximate surface area is 204 Å². The lowest BCUT2D eigenvalue weighted by Gasteiger charge is -2.14. The standard InChI is InChI=1S/C27H25NO3S2/c1-19-10-8-15-23(20(19)2)30-16-9-17-31-24-14-7-6-11-21(24)18-25-26(29)28(27(32)33-25)22-12-4-3-5-13-22/h3-8,10-15,18H,9,16-17H2,1-2H3. The maximum Gasteiger partial charge on any atom is 0.270 e. The molecule has 168 valence electrons. The van der Waals surface area contributed by atoms with E-state index in [9.17, 15) is 4.79 Å². The van der Waals surface area contributed by atoms with Crippen molar-refractivity contribution in [1.29, 1.82) is 0 Å². The van der Waals surface area contributed by atoms with Gasteiger partial charge < -0.3 is 9.47 Å². The predicted molar refractivity (Wildman–Crippen MR) is 140 cm³/mol. The zero-order valence-electron chi connectivity index (χ0n) is 18.6. The molecule has 3 aromatic rings. The minimum Gasteiger partial charge on any atom is -0.493 e. The van der Waals surface area contributed by atoms with Gasteiger partial charge in [-0.3, -0.25) is 9.69 Å². The molecule has 0 atom stereocenters. The quantitative estimate of drug-likeness (QED) is 0.210. The average molecular weight is 476 g/mol. The van der Waals surface area contributed by atoms with Gasteiger partial charge >= 0.3 is 0 Å². The number of nitrogens with zero attached hydrogens (tertiary/aromatic N) is 1. The first-order valence-electron chi connectivity index (χ1n) is 10.8. The minimum absolute atomic E-state index is 0.118. The average Bonchev–Trinajstić information content (AvgIpc) is 3.10. The van der Waals surface area contributed by atoms with E-state index in [2.05, 4.69) is 19.9 Å². The van der Waals surface area contributed by atoms with Crippen LogP contribution < -0.4 is 14.4 Å². The van der Waals surface area contributed by atoms with E-state index in [0.29, 0.717) is 22.4 Å². The van der Waals surface area contributed by atoms with Crippen LogP contribution in [0.2, 0.25) is 0 Å². The second kappa shape index (κ2) is 10.7. The number of anilines is 1. The van der Waals surface area contributed by atoms with E-state index < -0.39 is 0 Å². The fourth-order valence-electron chi connectivity index (χ4n) is 3.44. The number of thioether (sulfide) groups is 1. The van der Waals surface area contributed by atoms with Gasteiger partial charge in [0, 0.05) is 12.0 Å². The van der Waals surface area contributed by atoms with E-state index in [-0.39, 0.29) is 5.91 Å². The summed E-state index contributed by atoms with van der Waals surface area (Å²) in [5.41, 5.74) is 4.00. The van der Waals surface area contributed by atoms with Gasteiger partial charge in [-0.1, -0.05) is 72.5 Å². The third-order valence-corrected chi connectivity index (χ3v) is 6.67. The van der Waals surface area contributed by atoms with Crippen molar-refractivity contribution in [1.82, 2.24) is 0 Å². The summed E-state index contributed by atoms with van der Waals surface area (Å²) in [4.78, 5) is 15.2. The molecule has 0 bridgehead atoms. The minimum atomic E-state index is -0.118. The molecular weight excluding hydrogens is 450 g/mol. The number of carbonyl (C=O) groups excluding carboxylic acids is 1. The van der Waals surface area contributed by atoms with E-state index in [1.54, 1.807) is 4.90 Å². The Morgan fingerprint density at radius 2 is 1.55 bits per heavy atom. The van der Waals surface area contributed by atoms with Crippen molar-refractivity contribution in [2.75, 3.05) is 18.1 Å². The molecule has 0 unspecified atom stereocenters. The number of ether oxygens (including phenoxy) is 2. The normalized spacial score (nSPS) is 14.7. The van der Waals surface area contributed by atoms with Crippen LogP contribution in [0.1, 0.15) is 23.1 Å². The summed E-state index contributed by atoms with van der Waals surface area (Å²) in [5, 5.41) is 0. The first-order chi connectivity index (χ1) is 16.0. The van der Waals surface area contributed by atoms with E-state index in [4.69, 9.17) is 21.7 Å². The first kappa shape index (κ1) is 23.1. The highest BCUT2D eigenvalue weighted by molar-refractivity contribution is 8.27. The van der Waals surface area contributed by atoms with Crippen LogP contribution in [0.4, 0.5) is 5.69 Å². The molecule has 1 aliphatic rings. The number of hydrogen-bond acceptors (Lipinski definition) is 5. The van der Waals surface area contributed by atoms with Crippen LogP contribution in [0.15, 0.2) is 77.7 Å². The molecule has 6 heteroatoms. The fourth-order valence-corrected chi connectivity index (χ4v) is 4.73. The monoisotopic (exact) mass is 475 g/mol. The number of hydrogen-bond donors (Lipinski definition) is 0. The van der Waals surface area contributed by atoms with Gasteiger partial charge in [-0.15, -0.1) is 0 Å². The third-order valence-electron chi connectivity index (χ3n) is 5.37. The van der Waals surface area contributed by atoms with Crippen molar-refractivity contribution in [2.45, 2.75) is 20.3 Å². The second-order valence-corrected chi connectivity index (χ2v) is 9.31. The molecule has 0 N–H and O–H groups in total. The molecule has 1 fully saturated rings. The maximum absolute atomic E-state index is 13.0. The number of aryl methyl sites for hydroxylation is 1. The number of carbonyl (C=O) groups is 1. The van der Waals surface area contributed by atoms with Crippen molar-refractivity contribution >= 4 is 46.0 Å². The van der Waals surface area contributed by atoms with E-state index in [1.165, 1.54) is 17.3 Å². The Balaban J connectivity index is 1.38. The van der Waals surface area contributed by atoms with Gasteiger partial charge in [-0.2, -0.15) is 0 Å². The largest absolute Gasteiger partial charge is 0.493 e. The molecule has 4 rings (SSSR count). The maximum atomic E-state index is 13.0. The molecule has 0 aromatic heterocycles. The molecule has 3 aromatic carbocycles. The lowest BCUT2D eigenvalue weighted by molar-refractivity contribution is -0.113. The number of amides is 1. The summed E-state index contributed by atoms with van der Waals surface area (Å²) in [7, 11) is 0. The van der Waals surface area contributed by atoms with Gasteiger partial charge in [0.2, 0.25) is 0 Å². The molecule has 4 nitrogen and oxygen atoms in total. The SMILES string of the molecule is Cc1cccc(OCCCOc2ccccc2C=C2SC(=S)N(c3ccccc3)C2=O)c1C.